The van der Waals surface area contributed by atoms with E-state index in [1.54, 1.807) is 13.2 Å². The fourth-order valence-corrected chi connectivity index (χ4v) is 2.42. The predicted molar refractivity (Wildman–Crippen MR) is 89.1 cm³/mol. The number of benzene rings is 2. The Morgan fingerprint density at radius 3 is 2.55 bits per heavy atom. The lowest BCUT2D eigenvalue weighted by molar-refractivity contribution is 0.413. The lowest BCUT2D eigenvalue weighted by Gasteiger charge is -2.07. The maximum Gasteiger partial charge on any atom is 0.336 e. The molecular weight excluding hydrogens is 276 g/mol. The zero-order chi connectivity index (χ0) is 15.5. The van der Waals surface area contributed by atoms with Crippen LogP contribution in [0, 0.1) is 6.92 Å². The standard InChI is InChI=1S/C19H16O3/c1-13-5-3-4-6-14(13)7-10-16-17(21-2)11-8-15-9-12-18(20)22-19(15)16/h3-12H,1-2H3. The van der Waals surface area contributed by atoms with Crippen LogP contribution in [-0.4, -0.2) is 7.11 Å². The largest absolute Gasteiger partial charge is 0.496 e. The van der Waals surface area contributed by atoms with Gasteiger partial charge in [-0.05, 0) is 42.3 Å². The Morgan fingerprint density at radius 2 is 1.77 bits per heavy atom. The van der Waals surface area contributed by atoms with Crippen LogP contribution in [0.3, 0.4) is 0 Å². The van der Waals surface area contributed by atoms with Gasteiger partial charge in [0.1, 0.15) is 11.3 Å². The van der Waals surface area contributed by atoms with E-state index >= 15 is 0 Å². The van der Waals surface area contributed by atoms with Crippen LogP contribution in [0.1, 0.15) is 16.7 Å². The summed E-state index contributed by atoms with van der Waals surface area (Å²) in [6.45, 7) is 2.06. The maximum atomic E-state index is 11.5. The first kappa shape index (κ1) is 14.1. The van der Waals surface area contributed by atoms with Crippen LogP contribution < -0.4 is 10.4 Å². The van der Waals surface area contributed by atoms with Crippen LogP contribution in [-0.2, 0) is 0 Å². The van der Waals surface area contributed by atoms with Gasteiger partial charge in [0.15, 0.2) is 0 Å². The molecule has 3 aromatic rings. The first-order valence-electron chi connectivity index (χ1n) is 7.03. The van der Waals surface area contributed by atoms with Crippen LogP contribution in [0.4, 0.5) is 0 Å². The highest BCUT2D eigenvalue weighted by Crippen LogP contribution is 2.29. The van der Waals surface area contributed by atoms with Crippen LogP contribution in [0.15, 0.2) is 57.7 Å². The van der Waals surface area contributed by atoms with E-state index in [-0.39, 0.29) is 5.63 Å². The molecule has 0 aliphatic carbocycles. The third-order valence-corrected chi connectivity index (χ3v) is 3.63. The summed E-state index contributed by atoms with van der Waals surface area (Å²) in [6.07, 6.45) is 3.92. The Labute approximate surface area is 128 Å². The van der Waals surface area contributed by atoms with Crippen molar-refractivity contribution < 1.29 is 9.15 Å². The molecule has 0 atom stereocenters. The zero-order valence-electron chi connectivity index (χ0n) is 12.5. The number of rotatable bonds is 3. The van der Waals surface area contributed by atoms with E-state index in [1.165, 1.54) is 11.6 Å². The van der Waals surface area contributed by atoms with Gasteiger partial charge >= 0.3 is 5.63 Å². The highest BCUT2D eigenvalue weighted by molar-refractivity contribution is 5.91. The van der Waals surface area contributed by atoms with E-state index in [0.717, 1.165) is 16.5 Å². The van der Waals surface area contributed by atoms with Crippen LogP contribution in [0.2, 0.25) is 0 Å². The molecule has 110 valence electrons. The topological polar surface area (TPSA) is 39.4 Å². The normalized spacial score (nSPS) is 11.2. The number of hydrogen-bond acceptors (Lipinski definition) is 3. The molecule has 0 N–H and O–H groups in total. The zero-order valence-corrected chi connectivity index (χ0v) is 12.5. The van der Waals surface area contributed by atoms with Crippen LogP contribution in [0.25, 0.3) is 23.1 Å². The van der Waals surface area contributed by atoms with Crippen molar-refractivity contribution >= 4 is 23.1 Å². The first-order chi connectivity index (χ1) is 10.7. The quantitative estimate of drug-likeness (QED) is 0.534. The minimum absolute atomic E-state index is 0.369. The number of fused-ring (bicyclic) bond motifs is 1. The highest BCUT2D eigenvalue weighted by atomic mass is 16.5. The highest BCUT2D eigenvalue weighted by Gasteiger charge is 2.08. The van der Waals surface area contributed by atoms with Gasteiger partial charge in [-0.15, -0.1) is 0 Å². The van der Waals surface area contributed by atoms with Gasteiger partial charge in [0.2, 0.25) is 0 Å². The molecule has 0 bridgehead atoms. The van der Waals surface area contributed by atoms with Crippen molar-refractivity contribution in [2.24, 2.45) is 0 Å². The average Bonchev–Trinajstić information content (AvgIpc) is 2.53. The molecule has 0 saturated heterocycles. The molecule has 0 fully saturated rings. The molecule has 22 heavy (non-hydrogen) atoms. The van der Waals surface area contributed by atoms with Crippen molar-refractivity contribution in [3.63, 3.8) is 0 Å². The van der Waals surface area contributed by atoms with E-state index in [9.17, 15) is 4.79 Å². The van der Waals surface area contributed by atoms with Gasteiger partial charge in [-0.3, -0.25) is 0 Å². The molecule has 1 heterocycles. The Hall–Kier alpha value is -2.81. The van der Waals surface area contributed by atoms with Crippen LogP contribution >= 0.6 is 0 Å². The van der Waals surface area contributed by atoms with E-state index in [4.69, 9.17) is 9.15 Å². The van der Waals surface area contributed by atoms with Crippen molar-refractivity contribution in [1.29, 1.82) is 0 Å². The van der Waals surface area contributed by atoms with Crippen molar-refractivity contribution in [2.75, 3.05) is 7.11 Å². The van der Waals surface area contributed by atoms with Crippen molar-refractivity contribution in [3.8, 4) is 5.75 Å². The molecule has 0 aliphatic rings. The molecule has 0 aliphatic heterocycles. The monoisotopic (exact) mass is 292 g/mol. The van der Waals surface area contributed by atoms with E-state index in [1.807, 2.05) is 42.5 Å². The summed E-state index contributed by atoms with van der Waals surface area (Å²) in [4.78, 5) is 11.5. The summed E-state index contributed by atoms with van der Waals surface area (Å²) >= 11 is 0. The van der Waals surface area contributed by atoms with Gasteiger partial charge in [0.05, 0.1) is 12.7 Å². The van der Waals surface area contributed by atoms with E-state index in [0.29, 0.717) is 11.3 Å². The van der Waals surface area contributed by atoms with Crippen molar-refractivity contribution in [2.45, 2.75) is 6.92 Å². The average molecular weight is 292 g/mol. The summed E-state index contributed by atoms with van der Waals surface area (Å²) in [5, 5.41) is 0.866. The number of aryl methyl sites for hydroxylation is 1. The van der Waals surface area contributed by atoms with Gasteiger partial charge in [-0.25, -0.2) is 4.79 Å². The molecule has 3 nitrogen and oxygen atoms in total. The number of ether oxygens (including phenoxy) is 1. The van der Waals surface area contributed by atoms with Gasteiger partial charge < -0.3 is 9.15 Å². The summed E-state index contributed by atoms with van der Waals surface area (Å²) in [5.41, 5.74) is 3.23. The summed E-state index contributed by atoms with van der Waals surface area (Å²) in [7, 11) is 1.60. The van der Waals surface area contributed by atoms with Crippen LogP contribution in [0.5, 0.6) is 5.75 Å². The second kappa shape index (κ2) is 5.90. The van der Waals surface area contributed by atoms with Gasteiger partial charge in [-0.2, -0.15) is 0 Å². The number of methoxy groups -OCH3 is 1. The van der Waals surface area contributed by atoms with Crippen molar-refractivity contribution in [3.05, 3.63) is 75.6 Å². The molecule has 0 spiro atoms. The molecular formula is C19H16O3. The van der Waals surface area contributed by atoms with E-state index in [2.05, 4.69) is 13.0 Å². The number of hydrogen-bond donors (Lipinski definition) is 0. The summed E-state index contributed by atoms with van der Waals surface area (Å²) < 4.78 is 10.8. The van der Waals surface area contributed by atoms with Crippen molar-refractivity contribution in [1.82, 2.24) is 0 Å². The Balaban J connectivity index is 2.18. The smallest absolute Gasteiger partial charge is 0.336 e. The molecule has 2 aromatic carbocycles. The van der Waals surface area contributed by atoms with Gasteiger partial charge in [-0.1, -0.05) is 30.3 Å². The molecule has 3 heteroatoms. The summed E-state index contributed by atoms with van der Waals surface area (Å²) in [6, 6.07) is 15.0. The Morgan fingerprint density at radius 1 is 1.00 bits per heavy atom. The molecule has 0 saturated carbocycles. The van der Waals surface area contributed by atoms with E-state index < -0.39 is 0 Å². The molecule has 3 rings (SSSR count). The minimum Gasteiger partial charge on any atom is -0.496 e. The molecule has 1 aromatic heterocycles. The molecule has 0 amide bonds. The lowest BCUT2D eigenvalue weighted by Crippen LogP contribution is -1.97. The third kappa shape index (κ3) is 2.66. The summed E-state index contributed by atoms with van der Waals surface area (Å²) in [5.74, 6) is 0.673. The SMILES string of the molecule is COc1ccc2ccc(=O)oc2c1C=Cc1ccccc1C. The maximum absolute atomic E-state index is 11.5. The molecule has 0 unspecified atom stereocenters. The third-order valence-electron chi connectivity index (χ3n) is 3.63. The first-order valence-corrected chi connectivity index (χ1v) is 7.03. The lowest BCUT2D eigenvalue weighted by atomic mass is 10.1. The Kier molecular flexibility index (Phi) is 3.79. The fourth-order valence-electron chi connectivity index (χ4n) is 2.42. The predicted octanol–water partition coefficient (Wildman–Crippen LogP) is 4.28. The second-order valence-corrected chi connectivity index (χ2v) is 5.04. The minimum atomic E-state index is -0.369. The Bertz CT molecular complexity index is 904. The molecule has 0 radical (unpaired) electrons. The van der Waals surface area contributed by atoms with Gasteiger partial charge in [0, 0.05) is 11.5 Å². The fraction of sp³-hybridized carbons (Fsp3) is 0.105. The second-order valence-electron chi connectivity index (χ2n) is 5.04. The van der Waals surface area contributed by atoms with Gasteiger partial charge in [0.25, 0.3) is 0 Å².